The number of anilines is 1. The summed E-state index contributed by atoms with van der Waals surface area (Å²) in [6.45, 7) is 0. The first-order valence-corrected chi connectivity index (χ1v) is 7.84. The van der Waals surface area contributed by atoms with Gasteiger partial charge in [0.15, 0.2) is 9.84 Å². The topological polar surface area (TPSA) is 96.4 Å². The first-order chi connectivity index (χ1) is 8.37. The van der Waals surface area contributed by atoms with Crippen LogP contribution in [0.2, 0.25) is 0 Å². The molecule has 2 rings (SSSR count). The molecule has 1 fully saturated rings. The molecule has 2 heterocycles. The minimum Gasteiger partial charge on any atom is -0.478 e. The van der Waals surface area contributed by atoms with Crippen LogP contribution in [0, 0.1) is 0 Å². The van der Waals surface area contributed by atoms with Gasteiger partial charge in [-0.3, -0.25) is 0 Å². The fourth-order valence-electron chi connectivity index (χ4n) is 1.82. The summed E-state index contributed by atoms with van der Waals surface area (Å²) in [7, 11) is -3.00. The van der Waals surface area contributed by atoms with Crippen molar-refractivity contribution in [2.75, 3.05) is 16.8 Å². The number of pyridine rings is 1. The average Bonchev–Trinajstić information content (AvgIpc) is 2.60. The Labute approximate surface area is 112 Å². The van der Waals surface area contributed by atoms with Gasteiger partial charge in [-0.25, -0.2) is 18.2 Å². The van der Waals surface area contributed by atoms with Gasteiger partial charge < -0.3 is 10.4 Å². The number of carbonyl (C=O) groups is 1. The van der Waals surface area contributed by atoms with Gasteiger partial charge in [-0.2, -0.15) is 0 Å². The van der Waals surface area contributed by atoms with E-state index in [1.54, 1.807) is 0 Å². The third kappa shape index (κ3) is 2.99. The van der Waals surface area contributed by atoms with Crippen LogP contribution in [-0.2, 0) is 9.84 Å². The van der Waals surface area contributed by atoms with Crippen molar-refractivity contribution in [2.45, 2.75) is 12.5 Å². The van der Waals surface area contributed by atoms with Gasteiger partial charge in [0.05, 0.1) is 11.5 Å². The lowest BCUT2D eigenvalue weighted by atomic mass is 10.2. The number of halogens is 1. The smallest absolute Gasteiger partial charge is 0.339 e. The number of carboxylic acids is 1. The summed E-state index contributed by atoms with van der Waals surface area (Å²) < 4.78 is 23.2. The van der Waals surface area contributed by atoms with Gasteiger partial charge in [-0.05, 0) is 28.4 Å². The molecule has 0 amide bonds. The molecule has 1 aliphatic heterocycles. The van der Waals surface area contributed by atoms with E-state index in [1.807, 2.05) is 0 Å². The van der Waals surface area contributed by atoms with Crippen molar-refractivity contribution in [1.82, 2.24) is 4.98 Å². The maximum Gasteiger partial charge on any atom is 0.339 e. The highest BCUT2D eigenvalue weighted by molar-refractivity contribution is 9.10. The molecule has 2 N–H and O–H groups in total. The predicted molar refractivity (Wildman–Crippen MR) is 69.6 cm³/mol. The maximum absolute atomic E-state index is 11.3. The third-order valence-corrected chi connectivity index (χ3v) is 4.86. The fraction of sp³-hybridized carbons (Fsp3) is 0.400. The molecule has 1 aromatic rings. The van der Waals surface area contributed by atoms with Crippen molar-refractivity contribution >= 4 is 37.6 Å². The molecular weight excluding hydrogens is 324 g/mol. The van der Waals surface area contributed by atoms with Gasteiger partial charge in [-0.15, -0.1) is 0 Å². The van der Waals surface area contributed by atoms with Crippen LogP contribution in [-0.4, -0.2) is 42.0 Å². The van der Waals surface area contributed by atoms with Crippen LogP contribution >= 0.6 is 15.9 Å². The molecule has 1 atom stereocenters. The highest BCUT2D eigenvalue weighted by Crippen LogP contribution is 2.21. The van der Waals surface area contributed by atoms with Gasteiger partial charge in [0.25, 0.3) is 0 Å². The number of rotatable bonds is 3. The van der Waals surface area contributed by atoms with Crippen molar-refractivity contribution in [1.29, 1.82) is 0 Å². The van der Waals surface area contributed by atoms with E-state index in [4.69, 9.17) is 5.11 Å². The van der Waals surface area contributed by atoms with Crippen LogP contribution in [0.1, 0.15) is 16.8 Å². The minimum absolute atomic E-state index is 0.0177. The standard InChI is InChI=1S/C10H11BrN2O4S/c11-6-3-8(10(14)15)9(12-4-6)13-7-1-2-18(16,17)5-7/h3-4,7H,1-2,5H2,(H,12,13)(H,14,15). The molecule has 1 aromatic heterocycles. The van der Waals surface area contributed by atoms with Crippen molar-refractivity contribution in [3.63, 3.8) is 0 Å². The lowest BCUT2D eigenvalue weighted by Gasteiger charge is -2.13. The monoisotopic (exact) mass is 334 g/mol. The summed E-state index contributed by atoms with van der Waals surface area (Å²) in [6.07, 6.45) is 1.94. The Kier molecular flexibility index (Phi) is 3.58. The van der Waals surface area contributed by atoms with E-state index < -0.39 is 15.8 Å². The summed E-state index contributed by atoms with van der Waals surface area (Å²) in [5.74, 6) is -0.757. The van der Waals surface area contributed by atoms with Gasteiger partial charge in [0.1, 0.15) is 11.4 Å². The van der Waals surface area contributed by atoms with E-state index >= 15 is 0 Å². The van der Waals surface area contributed by atoms with Crippen LogP contribution in [0.15, 0.2) is 16.7 Å². The van der Waals surface area contributed by atoms with E-state index in [0.717, 1.165) is 0 Å². The van der Waals surface area contributed by atoms with Crippen LogP contribution < -0.4 is 5.32 Å². The second-order valence-electron chi connectivity index (χ2n) is 4.10. The Hall–Kier alpha value is -1.15. The molecule has 98 valence electrons. The SMILES string of the molecule is O=C(O)c1cc(Br)cnc1NC1CCS(=O)(=O)C1. The molecule has 0 radical (unpaired) electrons. The van der Waals surface area contributed by atoms with Gasteiger partial charge in [-0.1, -0.05) is 0 Å². The maximum atomic E-state index is 11.3. The molecule has 0 spiro atoms. The summed E-state index contributed by atoms with van der Waals surface area (Å²) in [5.41, 5.74) is 0.0219. The molecule has 1 unspecified atom stereocenters. The largest absolute Gasteiger partial charge is 0.478 e. The van der Waals surface area contributed by atoms with E-state index in [9.17, 15) is 13.2 Å². The van der Waals surface area contributed by atoms with Crippen LogP contribution in [0.5, 0.6) is 0 Å². The summed E-state index contributed by atoms with van der Waals surface area (Å²) in [5, 5.41) is 11.9. The summed E-state index contributed by atoms with van der Waals surface area (Å²) in [4.78, 5) is 15.0. The Morgan fingerprint density at radius 3 is 2.83 bits per heavy atom. The molecule has 0 saturated carbocycles. The molecule has 6 nitrogen and oxygen atoms in total. The zero-order chi connectivity index (χ0) is 13.3. The van der Waals surface area contributed by atoms with Crippen LogP contribution in [0.4, 0.5) is 5.82 Å². The van der Waals surface area contributed by atoms with E-state index in [1.165, 1.54) is 12.3 Å². The molecule has 8 heteroatoms. The first kappa shape index (κ1) is 13.3. The Bertz CT molecular complexity index is 588. The van der Waals surface area contributed by atoms with Crippen LogP contribution in [0.25, 0.3) is 0 Å². The average molecular weight is 335 g/mol. The molecule has 0 aromatic carbocycles. The van der Waals surface area contributed by atoms with Gasteiger partial charge in [0.2, 0.25) is 0 Å². The molecule has 0 aliphatic carbocycles. The Morgan fingerprint density at radius 1 is 1.56 bits per heavy atom. The van der Waals surface area contributed by atoms with Crippen molar-refractivity contribution < 1.29 is 18.3 Å². The van der Waals surface area contributed by atoms with Crippen molar-refractivity contribution in [3.05, 3.63) is 22.3 Å². The highest BCUT2D eigenvalue weighted by Gasteiger charge is 2.29. The number of carboxylic acid groups (broad SMARTS) is 1. The third-order valence-electron chi connectivity index (χ3n) is 2.66. The fourth-order valence-corrected chi connectivity index (χ4v) is 3.82. The van der Waals surface area contributed by atoms with Gasteiger partial charge in [0, 0.05) is 16.7 Å². The number of hydrogen-bond donors (Lipinski definition) is 2. The van der Waals surface area contributed by atoms with E-state index in [-0.39, 0.29) is 28.9 Å². The lowest BCUT2D eigenvalue weighted by Crippen LogP contribution is -2.22. The van der Waals surface area contributed by atoms with Gasteiger partial charge >= 0.3 is 5.97 Å². The molecule has 0 bridgehead atoms. The number of aromatic carboxylic acids is 1. The van der Waals surface area contributed by atoms with Crippen molar-refractivity contribution in [2.24, 2.45) is 0 Å². The molecule has 18 heavy (non-hydrogen) atoms. The summed E-state index contributed by atoms with van der Waals surface area (Å²) in [6, 6.07) is 1.16. The highest BCUT2D eigenvalue weighted by atomic mass is 79.9. The molecule has 1 aliphatic rings. The van der Waals surface area contributed by atoms with Crippen molar-refractivity contribution in [3.8, 4) is 0 Å². The number of hydrogen-bond acceptors (Lipinski definition) is 5. The Balaban J connectivity index is 2.22. The lowest BCUT2D eigenvalue weighted by molar-refractivity contribution is 0.0697. The Morgan fingerprint density at radius 2 is 2.28 bits per heavy atom. The number of sulfone groups is 1. The zero-order valence-electron chi connectivity index (χ0n) is 9.26. The predicted octanol–water partition coefficient (Wildman–Crippen LogP) is 1.14. The van der Waals surface area contributed by atoms with Crippen LogP contribution in [0.3, 0.4) is 0 Å². The van der Waals surface area contributed by atoms with E-state index in [0.29, 0.717) is 10.9 Å². The second-order valence-corrected chi connectivity index (χ2v) is 7.24. The summed E-state index contributed by atoms with van der Waals surface area (Å²) >= 11 is 3.15. The second kappa shape index (κ2) is 4.85. The first-order valence-electron chi connectivity index (χ1n) is 5.23. The molecule has 1 saturated heterocycles. The quantitative estimate of drug-likeness (QED) is 0.860. The van der Waals surface area contributed by atoms with E-state index in [2.05, 4.69) is 26.2 Å². The minimum atomic E-state index is -3.00. The number of aromatic nitrogens is 1. The zero-order valence-corrected chi connectivity index (χ0v) is 11.7. The normalized spacial score (nSPS) is 21.7. The number of nitrogens with zero attached hydrogens (tertiary/aromatic N) is 1. The molecular formula is C10H11BrN2O4S. The number of nitrogens with one attached hydrogen (secondary N) is 1.